The van der Waals surface area contributed by atoms with Gasteiger partial charge in [0, 0.05) is 46.8 Å². The molecule has 1 spiro atoms. The molecule has 2 amide bonds. The van der Waals surface area contributed by atoms with E-state index < -0.39 is 0 Å². The number of amides is 2. The van der Waals surface area contributed by atoms with E-state index in [2.05, 4.69) is 31.2 Å². The Bertz CT molecular complexity index is 1090. The Kier molecular flexibility index (Phi) is 3.58. The van der Waals surface area contributed by atoms with Gasteiger partial charge >= 0.3 is 0 Å². The highest BCUT2D eigenvalue weighted by molar-refractivity contribution is 9.10. The van der Waals surface area contributed by atoms with E-state index in [4.69, 9.17) is 0 Å². The number of nitrogens with one attached hydrogen (secondary N) is 1. The molecule has 1 N–H and O–H groups in total. The number of aromatic nitrogens is 3. The fourth-order valence-corrected chi connectivity index (χ4v) is 4.19. The number of carbonyl (C=O) groups is 2. The lowest BCUT2D eigenvalue weighted by atomic mass is 9.86. The molecule has 0 radical (unpaired) electrons. The molecule has 7 nitrogen and oxygen atoms in total. The zero-order valence-electron chi connectivity index (χ0n) is 14.4. The molecule has 1 aromatic carbocycles. The topological polar surface area (TPSA) is 79.6 Å². The fourth-order valence-electron chi connectivity index (χ4n) is 3.83. The third-order valence-corrected chi connectivity index (χ3v) is 5.81. The largest absolute Gasteiger partial charge is 0.328 e. The van der Waals surface area contributed by atoms with Crippen LogP contribution in [0, 0.1) is 0 Å². The van der Waals surface area contributed by atoms with Gasteiger partial charge in [0.15, 0.2) is 11.5 Å². The van der Waals surface area contributed by atoms with Gasteiger partial charge in [-0.25, -0.2) is 9.97 Å². The molecule has 3 heterocycles. The number of hydrogen-bond acceptors (Lipinski definition) is 4. The van der Waals surface area contributed by atoms with Crippen molar-refractivity contribution in [1.29, 1.82) is 0 Å². The number of anilines is 1. The number of fused-ring (bicyclic) bond motifs is 3. The monoisotopic (exact) mass is 425 g/mol. The number of rotatable bonds is 3. The standard InChI is InChI=1S/C19H16BrN5O2/c20-12-1-2-13-14(9-12)19(3-4-19)11-25(18(13)27)10-15(26)23-16-17-22-6-8-24(17)7-5-21-16/h1-2,5-9H,3-4,10-11H2,(H,21,23,26). The van der Waals surface area contributed by atoms with E-state index in [9.17, 15) is 9.59 Å². The second-order valence-electron chi connectivity index (χ2n) is 7.11. The van der Waals surface area contributed by atoms with E-state index in [-0.39, 0.29) is 23.8 Å². The first-order chi connectivity index (χ1) is 13.1. The molecule has 0 saturated heterocycles. The summed E-state index contributed by atoms with van der Waals surface area (Å²) >= 11 is 3.49. The van der Waals surface area contributed by atoms with Crippen LogP contribution in [0.5, 0.6) is 0 Å². The van der Waals surface area contributed by atoms with Crippen molar-refractivity contribution in [3.05, 3.63) is 58.6 Å². The zero-order valence-corrected chi connectivity index (χ0v) is 15.9. The van der Waals surface area contributed by atoms with Crippen LogP contribution in [0.3, 0.4) is 0 Å². The lowest BCUT2D eigenvalue weighted by molar-refractivity contribution is -0.117. The molecular weight excluding hydrogens is 410 g/mol. The summed E-state index contributed by atoms with van der Waals surface area (Å²) in [5.74, 6) is 0.0166. The van der Waals surface area contributed by atoms with E-state index in [1.54, 1.807) is 34.1 Å². The van der Waals surface area contributed by atoms with Crippen molar-refractivity contribution in [2.24, 2.45) is 0 Å². The van der Waals surface area contributed by atoms with Crippen LogP contribution in [-0.4, -0.2) is 44.2 Å². The van der Waals surface area contributed by atoms with Crippen molar-refractivity contribution in [2.75, 3.05) is 18.4 Å². The predicted molar refractivity (Wildman–Crippen MR) is 103 cm³/mol. The molecule has 136 valence electrons. The zero-order chi connectivity index (χ0) is 18.6. The van der Waals surface area contributed by atoms with Crippen LogP contribution in [0.1, 0.15) is 28.8 Å². The minimum absolute atomic E-state index is 0.000466. The predicted octanol–water partition coefficient (Wildman–Crippen LogP) is 2.62. The number of halogens is 1. The molecule has 1 fully saturated rings. The Morgan fingerprint density at radius 2 is 2.00 bits per heavy atom. The molecule has 2 aromatic heterocycles. The average molecular weight is 426 g/mol. The first-order valence-electron chi connectivity index (χ1n) is 8.73. The molecule has 1 aliphatic carbocycles. The molecule has 0 bridgehead atoms. The van der Waals surface area contributed by atoms with Gasteiger partial charge in [-0.2, -0.15) is 0 Å². The second kappa shape index (κ2) is 5.88. The van der Waals surface area contributed by atoms with Crippen molar-refractivity contribution in [3.63, 3.8) is 0 Å². The molecule has 2 aliphatic rings. The van der Waals surface area contributed by atoms with Crippen LogP contribution in [-0.2, 0) is 10.2 Å². The summed E-state index contributed by atoms with van der Waals surface area (Å²) in [6, 6.07) is 5.76. The van der Waals surface area contributed by atoms with Gasteiger partial charge in [0.25, 0.3) is 5.91 Å². The van der Waals surface area contributed by atoms with E-state index in [0.29, 0.717) is 23.6 Å². The quantitative estimate of drug-likeness (QED) is 0.699. The fraction of sp³-hybridized carbons (Fsp3) is 0.263. The van der Waals surface area contributed by atoms with Crippen LogP contribution in [0.2, 0.25) is 0 Å². The van der Waals surface area contributed by atoms with Gasteiger partial charge in [0.1, 0.15) is 6.54 Å². The van der Waals surface area contributed by atoms with Gasteiger partial charge in [0.05, 0.1) is 0 Å². The summed E-state index contributed by atoms with van der Waals surface area (Å²) in [6.07, 6.45) is 8.87. The normalized spacial score (nSPS) is 17.2. The first-order valence-corrected chi connectivity index (χ1v) is 9.52. The van der Waals surface area contributed by atoms with Crippen LogP contribution >= 0.6 is 15.9 Å². The molecule has 3 aromatic rings. The van der Waals surface area contributed by atoms with Crippen LogP contribution in [0.15, 0.2) is 47.5 Å². The molecule has 0 unspecified atom stereocenters. The van der Waals surface area contributed by atoms with Gasteiger partial charge in [0.2, 0.25) is 5.91 Å². The number of hydrogen-bond donors (Lipinski definition) is 1. The molecule has 0 atom stereocenters. The summed E-state index contributed by atoms with van der Waals surface area (Å²) in [7, 11) is 0. The van der Waals surface area contributed by atoms with E-state index in [0.717, 1.165) is 22.9 Å². The summed E-state index contributed by atoms with van der Waals surface area (Å²) < 4.78 is 2.76. The Hall–Kier alpha value is -2.74. The Labute approximate surface area is 163 Å². The van der Waals surface area contributed by atoms with Crippen LogP contribution in [0.4, 0.5) is 5.82 Å². The molecule has 27 heavy (non-hydrogen) atoms. The maximum absolute atomic E-state index is 12.9. The Morgan fingerprint density at radius 3 is 2.78 bits per heavy atom. The number of benzene rings is 1. The van der Waals surface area contributed by atoms with E-state index in [1.807, 2.05) is 18.2 Å². The van der Waals surface area contributed by atoms with E-state index >= 15 is 0 Å². The van der Waals surface area contributed by atoms with Gasteiger partial charge < -0.3 is 14.6 Å². The SMILES string of the molecule is O=C(CN1CC2(CC2)c2cc(Br)ccc2C1=O)Nc1nccn2ccnc12. The molecule has 1 aliphatic heterocycles. The van der Waals surface area contributed by atoms with Crippen molar-refractivity contribution in [1.82, 2.24) is 19.3 Å². The minimum Gasteiger partial charge on any atom is -0.328 e. The van der Waals surface area contributed by atoms with Crippen molar-refractivity contribution < 1.29 is 9.59 Å². The summed E-state index contributed by atoms with van der Waals surface area (Å²) in [6.45, 7) is 0.573. The summed E-state index contributed by atoms with van der Waals surface area (Å²) in [5.41, 5.74) is 2.37. The van der Waals surface area contributed by atoms with Crippen molar-refractivity contribution >= 4 is 39.2 Å². The molecule has 8 heteroatoms. The van der Waals surface area contributed by atoms with Crippen molar-refractivity contribution in [2.45, 2.75) is 18.3 Å². The Morgan fingerprint density at radius 1 is 1.22 bits per heavy atom. The maximum Gasteiger partial charge on any atom is 0.254 e. The lowest BCUT2D eigenvalue weighted by Crippen LogP contribution is -2.46. The minimum atomic E-state index is -0.275. The number of carbonyl (C=O) groups excluding carboxylic acids is 2. The van der Waals surface area contributed by atoms with Gasteiger partial charge in [-0.3, -0.25) is 9.59 Å². The van der Waals surface area contributed by atoms with E-state index in [1.165, 1.54) is 0 Å². The Balaban J connectivity index is 1.38. The lowest BCUT2D eigenvalue weighted by Gasteiger charge is -2.34. The van der Waals surface area contributed by atoms with Gasteiger partial charge in [-0.1, -0.05) is 15.9 Å². The summed E-state index contributed by atoms with van der Waals surface area (Å²) in [5, 5.41) is 2.78. The molecule has 5 rings (SSSR count). The number of imidazole rings is 1. The highest BCUT2D eigenvalue weighted by Crippen LogP contribution is 2.52. The maximum atomic E-state index is 12.9. The average Bonchev–Trinajstić information content (AvgIpc) is 3.24. The van der Waals surface area contributed by atoms with Crippen LogP contribution in [0.25, 0.3) is 5.65 Å². The third kappa shape index (κ3) is 2.71. The highest BCUT2D eigenvalue weighted by Gasteiger charge is 2.51. The van der Waals surface area contributed by atoms with Crippen LogP contribution < -0.4 is 5.32 Å². The molecule has 1 saturated carbocycles. The van der Waals surface area contributed by atoms with Gasteiger partial charge in [-0.15, -0.1) is 0 Å². The number of nitrogens with zero attached hydrogens (tertiary/aromatic N) is 4. The third-order valence-electron chi connectivity index (χ3n) is 5.32. The highest BCUT2D eigenvalue weighted by atomic mass is 79.9. The first kappa shape index (κ1) is 16.4. The van der Waals surface area contributed by atoms with Gasteiger partial charge in [-0.05, 0) is 36.6 Å². The molecular formula is C19H16BrN5O2. The smallest absolute Gasteiger partial charge is 0.254 e. The van der Waals surface area contributed by atoms with Crippen molar-refractivity contribution in [3.8, 4) is 0 Å². The second-order valence-corrected chi connectivity index (χ2v) is 8.03. The summed E-state index contributed by atoms with van der Waals surface area (Å²) in [4.78, 5) is 35.5.